The van der Waals surface area contributed by atoms with Crippen LogP contribution in [0.15, 0.2) is 0 Å². The lowest BCUT2D eigenvalue weighted by Gasteiger charge is -2.19. The van der Waals surface area contributed by atoms with E-state index in [1.807, 2.05) is 13.8 Å². The summed E-state index contributed by atoms with van der Waals surface area (Å²) in [5.41, 5.74) is 0. The second-order valence-electron chi connectivity index (χ2n) is 3.47. The quantitative estimate of drug-likeness (QED) is 0.779. The Morgan fingerprint density at radius 2 is 2.00 bits per heavy atom. The van der Waals surface area contributed by atoms with Gasteiger partial charge < -0.3 is 5.11 Å². The highest BCUT2D eigenvalue weighted by Gasteiger charge is 2.41. The predicted octanol–water partition coefficient (Wildman–Crippen LogP) is 3.17. The number of carbonyl (C=O) groups is 1. The van der Waals surface area contributed by atoms with Crippen molar-refractivity contribution in [2.24, 2.45) is 5.92 Å². The fourth-order valence-electron chi connectivity index (χ4n) is 0.826. The minimum atomic E-state index is -4.43. The molecule has 0 spiro atoms. The molecule has 90 valence electrons. The van der Waals surface area contributed by atoms with Crippen molar-refractivity contribution in [1.82, 2.24) is 0 Å². The highest BCUT2D eigenvalue weighted by Crippen LogP contribution is 2.34. The van der Waals surface area contributed by atoms with Crippen LogP contribution in [0, 0.1) is 5.92 Å². The van der Waals surface area contributed by atoms with Crippen LogP contribution in [0.1, 0.15) is 26.7 Å². The first-order valence-electron chi connectivity index (χ1n) is 4.67. The van der Waals surface area contributed by atoms with Crippen LogP contribution < -0.4 is 0 Å². The van der Waals surface area contributed by atoms with Crippen LogP contribution in [0.3, 0.4) is 0 Å². The summed E-state index contributed by atoms with van der Waals surface area (Å²) in [6.07, 6.45) is -4.49. The second kappa shape index (κ2) is 6.25. The van der Waals surface area contributed by atoms with Crippen molar-refractivity contribution in [2.45, 2.75) is 38.1 Å². The van der Waals surface area contributed by atoms with E-state index < -0.39 is 23.8 Å². The molecule has 0 aromatic rings. The Labute approximate surface area is 91.2 Å². The van der Waals surface area contributed by atoms with Gasteiger partial charge in [-0.2, -0.15) is 13.2 Å². The number of hydrogen-bond donors (Lipinski definition) is 1. The molecular formula is C9H15F3O2S. The molecule has 6 heteroatoms. The molecule has 2 nitrogen and oxygen atoms in total. The molecular weight excluding hydrogens is 229 g/mol. The molecule has 0 bridgehead atoms. The number of halogens is 3. The summed E-state index contributed by atoms with van der Waals surface area (Å²) in [5, 5.41) is 6.57. The van der Waals surface area contributed by atoms with Crippen molar-refractivity contribution in [3.8, 4) is 0 Å². The Balaban J connectivity index is 4.20. The van der Waals surface area contributed by atoms with E-state index in [1.165, 1.54) is 0 Å². The molecule has 0 aliphatic carbocycles. The SMILES string of the molecule is CCC(C)CSC(CC(=O)O)C(F)(F)F. The molecule has 0 aliphatic heterocycles. The van der Waals surface area contributed by atoms with Crippen LogP contribution in [0.25, 0.3) is 0 Å². The molecule has 0 aromatic heterocycles. The van der Waals surface area contributed by atoms with Crippen molar-refractivity contribution >= 4 is 17.7 Å². The molecule has 0 fully saturated rings. The molecule has 15 heavy (non-hydrogen) atoms. The molecule has 0 rings (SSSR count). The highest BCUT2D eigenvalue weighted by atomic mass is 32.2. The Kier molecular flexibility index (Phi) is 6.09. The van der Waals surface area contributed by atoms with Crippen LogP contribution >= 0.6 is 11.8 Å². The first-order valence-corrected chi connectivity index (χ1v) is 5.72. The van der Waals surface area contributed by atoms with Gasteiger partial charge in [0.25, 0.3) is 0 Å². The Hall–Kier alpha value is -0.390. The molecule has 0 amide bonds. The van der Waals surface area contributed by atoms with E-state index in [1.54, 1.807) is 0 Å². The summed E-state index contributed by atoms with van der Waals surface area (Å²) in [5.74, 6) is -0.892. The lowest BCUT2D eigenvalue weighted by atomic mass is 10.2. The van der Waals surface area contributed by atoms with Gasteiger partial charge in [-0.1, -0.05) is 20.3 Å². The Bertz CT molecular complexity index is 206. The van der Waals surface area contributed by atoms with Gasteiger partial charge in [0.1, 0.15) is 5.25 Å². The van der Waals surface area contributed by atoms with Gasteiger partial charge in [-0.3, -0.25) is 4.79 Å². The van der Waals surface area contributed by atoms with Crippen LogP contribution in [0.5, 0.6) is 0 Å². The molecule has 0 aliphatic rings. The molecule has 0 saturated carbocycles. The van der Waals surface area contributed by atoms with E-state index in [4.69, 9.17) is 5.11 Å². The lowest BCUT2D eigenvalue weighted by molar-refractivity contribution is -0.149. The fourth-order valence-corrected chi connectivity index (χ4v) is 2.07. The maximum Gasteiger partial charge on any atom is 0.401 e. The molecule has 2 unspecified atom stereocenters. The average Bonchev–Trinajstić information content (AvgIpc) is 2.09. The Morgan fingerprint density at radius 3 is 2.33 bits per heavy atom. The largest absolute Gasteiger partial charge is 0.481 e. The van der Waals surface area contributed by atoms with E-state index in [-0.39, 0.29) is 5.92 Å². The molecule has 2 atom stereocenters. The van der Waals surface area contributed by atoms with Gasteiger partial charge in [0.2, 0.25) is 0 Å². The van der Waals surface area contributed by atoms with Crippen molar-refractivity contribution in [3.63, 3.8) is 0 Å². The van der Waals surface area contributed by atoms with E-state index in [0.717, 1.165) is 6.42 Å². The average molecular weight is 244 g/mol. The summed E-state index contributed by atoms with van der Waals surface area (Å²) in [6, 6.07) is 0. The normalized spacial score (nSPS) is 16.1. The molecule has 1 N–H and O–H groups in total. The van der Waals surface area contributed by atoms with Gasteiger partial charge in [0, 0.05) is 0 Å². The maximum atomic E-state index is 12.4. The Morgan fingerprint density at radius 1 is 1.47 bits per heavy atom. The fraction of sp³-hybridized carbons (Fsp3) is 0.889. The zero-order chi connectivity index (χ0) is 12.1. The third-order valence-corrected chi connectivity index (χ3v) is 3.60. The molecule has 0 heterocycles. The summed E-state index contributed by atoms with van der Waals surface area (Å²) >= 11 is 0.684. The van der Waals surface area contributed by atoms with Crippen LogP contribution in [-0.4, -0.2) is 28.3 Å². The third kappa shape index (κ3) is 6.65. The topological polar surface area (TPSA) is 37.3 Å². The van der Waals surface area contributed by atoms with Gasteiger partial charge in [0.15, 0.2) is 0 Å². The van der Waals surface area contributed by atoms with Crippen molar-refractivity contribution < 1.29 is 23.1 Å². The minimum absolute atomic E-state index is 0.175. The van der Waals surface area contributed by atoms with Gasteiger partial charge in [-0.25, -0.2) is 0 Å². The van der Waals surface area contributed by atoms with E-state index in [9.17, 15) is 18.0 Å². The number of hydrogen-bond acceptors (Lipinski definition) is 2. The lowest BCUT2D eigenvalue weighted by Crippen LogP contribution is -2.29. The van der Waals surface area contributed by atoms with E-state index in [0.29, 0.717) is 17.5 Å². The van der Waals surface area contributed by atoms with Crippen molar-refractivity contribution in [2.75, 3.05) is 5.75 Å². The number of thioether (sulfide) groups is 1. The molecule has 0 radical (unpaired) electrons. The van der Waals surface area contributed by atoms with Crippen LogP contribution in [-0.2, 0) is 4.79 Å². The second-order valence-corrected chi connectivity index (χ2v) is 4.71. The highest BCUT2D eigenvalue weighted by molar-refractivity contribution is 8.00. The zero-order valence-electron chi connectivity index (χ0n) is 8.67. The standard InChI is InChI=1S/C9H15F3O2S/c1-3-6(2)5-15-7(4-8(13)14)9(10,11)12/h6-7H,3-5H2,1-2H3,(H,13,14). The van der Waals surface area contributed by atoms with Gasteiger partial charge >= 0.3 is 12.1 Å². The molecule has 0 aromatic carbocycles. The van der Waals surface area contributed by atoms with Crippen molar-refractivity contribution in [3.05, 3.63) is 0 Å². The summed E-state index contributed by atoms with van der Waals surface area (Å²) < 4.78 is 37.1. The number of alkyl halides is 3. The van der Waals surface area contributed by atoms with Crippen LogP contribution in [0.2, 0.25) is 0 Å². The van der Waals surface area contributed by atoms with Gasteiger partial charge in [-0.05, 0) is 11.7 Å². The predicted molar refractivity (Wildman–Crippen MR) is 54.0 cm³/mol. The van der Waals surface area contributed by atoms with Gasteiger partial charge in [0.05, 0.1) is 6.42 Å². The van der Waals surface area contributed by atoms with Gasteiger partial charge in [-0.15, -0.1) is 11.8 Å². The maximum absolute atomic E-state index is 12.4. The van der Waals surface area contributed by atoms with Crippen LogP contribution in [0.4, 0.5) is 13.2 Å². The molecule has 0 saturated heterocycles. The third-order valence-electron chi connectivity index (χ3n) is 2.00. The number of aliphatic carboxylic acids is 1. The monoisotopic (exact) mass is 244 g/mol. The first kappa shape index (κ1) is 14.6. The number of carboxylic acids is 1. The first-order chi connectivity index (χ1) is 6.77. The minimum Gasteiger partial charge on any atom is -0.481 e. The summed E-state index contributed by atoms with van der Waals surface area (Å²) in [4.78, 5) is 10.3. The summed E-state index contributed by atoms with van der Waals surface area (Å²) in [6.45, 7) is 3.74. The van der Waals surface area contributed by atoms with Crippen molar-refractivity contribution in [1.29, 1.82) is 0 Å². The van der Waals surface area contributed by atoms with E-state index >= 15 is 0 Å². The smallest absolute Gasteiger partial charge is 0.401 e. The number of carboxylic acid groups (broad SMARTS) is 1. The number of rotatable bonds is 6. The zero-order valence-corrected chi connectivity index (χ0v) is 9.49. The summed E-state index contributed by atoms with van der Waals surface area (Å²) in [7, 11) is 0. The van der Waals surface area contributed by atoms with E-state index in [2.05, 4.69) is 0 Å².